The Balaban J connectivity index is 1.68. The molecule has 0 bridgehead atoms. The van der Waals surface area contributed by atoms with Gasteiger partial charge in [0.05, 0.1) is 18.3 Å². The van der Waals surface area contributed by atoms with E-state index in [1.54, 1.807) is 25.3 Å². The molecule has 0 saturated carbocycles. The molecule has 1 aliphatic heterocycles. The fourth-order valence-electron chi connectivity index (χ4n) is 4.28. The first kappa shape index (κ1) is 21.4. The van der Waals surface area contributed by atoms with Gasteiger partial charge in [-0.1, -0.05) is 35.9 Å². The molecule has 4 aromatic rings. The first-order chi connectivity index (χ1) is 15.6. The van der Waals surface area contributed by atoms with E-state index >= 15 is 0 Å². The quantitative estimate of drug-likeness (QED) is 0.365. The highest BCUT2D eigenvalue weighted by molar-refractivity contribution is 7.98. The lowest BCUT2D eigenvalue weighted by molar-refractivity contribution is 0.153. The van der Waals surface area contributed by atoms with Crippen LogP contribution in [0.2, 0.25) is 5.02 Å². The number of aromatic nitrogens is 1. The van der Waals surface area contributed by atoms with Crippen molar-refractivity contribution in [2.24, 2.45) is 0 Å². The van der Waals surface area contributed by atoms with Gasteiger partial charge in [0.2, 0.25) is 0 Å². The molecule has 0 spiro atoms. The number of methoxy groups -OCH3 is 1. The number of piperazine rings is 1. The molecular weight excluding hydrogens is 452 g/mol. The Bertz CT molecular complexity index is 1290. The second-order valence-electron chi connectivity index (χ2n) is 7.67. The summed E-state index contributed by atoms with van der Waals surface area (Å²) in [6.07, 6.45) is -1.07. The molecule has 0 amide bonds. The molecule has 1 aliphatic rings. The lowest BCUT2D eigenvalue weighted by Gasteiger charge is -2.31. The SMILES string of the molecule is COc1c(N2CCNCC2)cc(Sn2cc(C(F)F)c3cc(Cl)ccc32)c2ccccc12. The van der Waals surface area contributed by atoms with E-state index in [0.29, 0.717) is 15.9 Å². The number of nitrogens with one attached hydrogen (secondary N) is 1. The maximum absolute atomic E-state index is 13.7. The van der Waals surface area contributed by atoms with Crippen LogP contribution in [0.1, 0.15) is 12.0 Å². The van der Waals surface area contributed by atoms with Gasteiger partial charge in [-0.2, -0.15) is 0 Å². The normalized spacial score (nSPS) is 14.6. The third kappa shape index (κ3) is 3.78. The highest BCUT2D eigenvalue weighted by atomic mass is 35.5. The van der Waals surface area contributed by atoms with Crippen molar-refractivity contribution in [2.75, 3.05) is 38.2 Å². The molecule has 0 unspecified atom stereocenters. The monoisotopic (exact) mass is 473 g/mol. The van der Waals surface area contributed by atoms with Crippen molar-refractivity contribution in [3.05, 3.63) is 65.3 Å². The second-order valence-corrected chi connectivity index (χ2v) is 9.13. The van der Waals surface area contributed by atoms with Gasteiger partial charge in [0.25, 0.3) is 6.43 Å². The van der Waals surface area contributed by atoms with Crippen LogP contribution in [0, 0.1) is 0 Å². The number of halogens is 3. The van der Waals surface area contributed by atoms with Gasteiger partial charge in [-0.05, 0) is 36.2 Å². The van der Waals surface area contributed by atoms with Gasteiger partial charge in [-0.3, -0.25) is 3.97 Å². The smallest absolute Gasteiger partial charge is 0.265 e. The summed E-state index contributed by atoms with van der Waals surface area (Å²) in [4.78, 5) is 3.28. The fourth-order valence-corrected chi connectivity index (χ4v) is 5.53. The average molecular weight is 474 g/mol. The van der Waals surface area contributed by atoms with Crippen molar-refractivity contribution >= 4 is 50.9 Å². The summed E-state index contributed by atoms with van der Waals surface area (Å²) >= 11 is 7.53. The zero-order valence-corrected chi connectivity index (χ0v) is 19.0. The van der Waals surface area contributed by atoms with Crippen LogP contribution in [0.25, 0.3) is 21.7 Å². The minimum absolute atomic E-state index is 0.0184. The molecule has 0 atom stereocenters. The number of anilines is 1. The third-order valence-corrected chi connectivity index (χ3v) is 7.06. The lowest BCUT2D eigenvalue weighted by Crippen LogP contribution is -2.43. The Morgan fingerprint density at radius 2 is 1.78 bits per heavy atom. The highest BCUT2D eigenvalue weighted by Crippen LogP contribution is 2.44. The number of benzene rings is 3. The molecule has 1 saturated heterocycles. The molecule has 0 radical (unpaired) electrons. The van der Waals surface area contributed by atoms with Gasteiger partial charge < -0.3 is 15.0 Å². The Morgan fingerprint density at radius 3 is 2.50 bits per heavy atom. The summed E-state index contributed by atoms with van der Waals surface area (Å²) in [5.41, 5.74) is 1.71. The summed E-state index contributed by atoms with van der Waals surface area (Å²) in [7, 11) is 1.69. The van der Waals surface area contributed by atoms with Crippen LogP contribution in [0.3, 0.4) is 0 Å². The minimum Gasteiger partial charge on any atom is -0.494 e. The van der Waals surface area contributed by atoms with E-state index in [1.165, 1.54) is 18.1 Å². The second kappa shape index (κ2) is 8.81. The molecule has 1 aromatic heterocycles. The molecule has 4 nitrogen and oxygen atoms in total. The topological polar surface area (TPSA) is 29.4 Å². The van der Waals surface area contributed by atoms with E-state index in [9.17, 15) is 8.78 Å². The predicted molar refractivity (Wildman–Crippen MR) is 129 cm³/mol. The van der Waals surface area contributed by atoms with E-state index in [2.05, 4.69) is 16.3 Å². The molecule has 2 heterocycles. The van der Waals surface area contributed by atoms with Crippen LogP contribution in [0.15, 0.2) is 59.6 Å². The first-order valence-electron chi connectivity index (χ1n) is 10.4. The Hall–Kier alpha value is -2.48. The number of fused-ring (bicyclic) bond motifs is 2. The van der Waals surface area contributed by atoms with Crippen molar-refractivity contribution in [2.45, 2.75) is 11.3 Å². The Labute approximate surface area is 194 Å². The summed E-state index contributed by atoms with van der Waals surface area (Å²) < 4.78 is 35.1. The number of nitrogens with zero attached hydrogens (tertiary/aromatic N) is 2. The van der Waals surface area contributed by atoms with Gasteiger partial charge >= 0.3 is 0 Å². The molecule has 8 heteroatoms. The number of rotatable bonds is 5. The summed E-state index contributed by atoms with van der Waals surface area (Å²) in [5, 5.41) is 6.31. The molecule has 166 valence electrons. The van der Waals surface area contributed by atoms with E-state index in [0.717, 1.165) is 53.3 Å². The van der Waals surface area contributed by atoms with Crippen molar-refractivity contribution in [3.8, 4) is 5.75 Å². The van der Waals surface area contributed by atoms with Crippen molar-refractivity contribution in [3.63, 3.8) is 0 Å². The zero-order chi connectivity index (χ0) is 22.2. The van der Waals surface area contributed by atoms with Gasteiger partial charge in [0.1, 0.15) is 5.75 Å². The number of ether oxygens (including phenoxy) is 1. The molecule has 1 N–H and O–H groups in total. The molecule has 5 rings (SSSR count). The van der Waals surface area contributed by atoms with E-state index in [-0.39, 0.29) is 5.56 Å². The minimum atomic E-state index is -2.58. The van der Waals surface area contributed by atoms with Gasteiger partial charge in [-0.25, -0.2) is 8.78 Å². The average Bonchev–Trinajstić information content (AvgIpc) is 3.17. The maximum Gasteiger partial charge on any atom is 0.265 e. The third-order valence-electron chi connectivity index (χ3n) is 5.79. The number of hydrogen-bond acceptors (Lipinski definition) is 4. The summed E-state index contributed by atoms with van der Waals surface area (Å²) in [5.74, 6) is 0.837. The van der Waals surface area contributed by atoms with Gasteiger partial charge in [0.15, 0.2) is 0 Å². The van der Waals surface area contributed by atoms with Crippen LogP contribution in [0.4, 0.5) is 14.5 Å². The fraction of sp³-hybridized carbons (Fsp3) is 0.250. The molecule has 0 aliphatic carbocycles. The van der Waals surface area contributed by atoms with Crippen molar-refractivity contribution in [1.29, 1.82) is 0 Å². The number of hydrogen-bond donors (Lipinski definition) is 1. The van der Waals surface area contributed by atoms with E-state index in [4.69, 9.17) is 16.3 Å². The first-order valence-corrected chi connectivity index (χ1v) is 11.5. The van der Waals surface area contributed by atoms with Crippen LogP contribution in [0.5, 0.6) is 5.75 Å². The van der Waals surface area contributed by atoms with E-state index < -0.39 is 6.43 Å². The van der Waals surface area contributed by atoms with E-state index in [1.807, 2.05) is 28.2 Å². The largest absolute Gasteiger partial charge is 0.494 e. The lowest BCUT2D eigenvalue weighted by atomic mass is 10.1. The molecule has 3 aromatic carbocycles. The van der Waals surface area contributed by atoms with Crippen molar-refractivity contribution in [1.82, 2.24) is 9.29 Å². The summed E-state index contributed by atoms with van der Waals surface area (Å²) in [6.45, 7) is 3.55. The van der Waals surface area contributed by atoms with Gasteiger partial charge in [-0.15, -0.1) is 0 Å². The van der Waals surface area contributed by atoms with Crippen LogP contribution in [-0.4, -0.2) is 37.3 Å². The van der Waals surface area contributed by atoms with Crippen LogP contribution < -0.4 is 15.0 Å². The van der Waals surface area contributed by atoms with Gasteiger partial charge in [0, 0.05) is 64.0 Å². The standard InChI is InChI=1S/C24H22ClF2N3OS/c1-31-23-17-5-3-2-4-16(17)22(13-21(23)29-10-8-28-9-11-29)32-30-14-19(24(26)27)18-12-15(25)6-7-20(18)30/h2-7,12-14,24,28H,8-11H2,1H3. The zero-order valence-electron chi connectivity index (χ0n) is 17.4. The predicted octanol–water partition coefficient (Wildman–Crippen LogP) is 6.36. The molecule has 1 fully saturated rings. The Kier molecular flexibility index (Phi) is 5.88. The van der Waals surface area contributed by atoms with Crippen LogP contribution >= 0.6 is 23.5 Å². The highest BCUT2D eigenvalue weighted by Gasteiger charge is 2.22. The Morgan fingerprint density at radius 1 is 1.03 bits per heavy atom. The summed E-state index contributed by atoms with van der Waals surface area (Å²) in [6, 6.07) is 15.3. The van der Waals surface area contributed by atoms with Crippen LogP contribution in [-0.2, 0) is 0 Å². The molecule has 32 heavy (non-hydrogen) atoms. The maximum atomic E-state index is 13.7. The number of alkyl halides is 2. The van der Waals surface area contributed by atoms with Crippen molar-refractivity contribution < 1.29 is 13.5 Å². The molecular formula is C24H22ClF2N3OS.